The Morgan fingerprint density at radius 1 is 1.05 bits per heavy atom. The van der Waals surface area contributed by atoms with Gasteiger partial charge in [0.2, 0.25) is 0 Å². The molecule has 4 heteroatoms. The molecule has 0 aliphatic heterocycles. The van der Waals surface area contributed by atoms with E-state index in [9.17, 15) is 0 Å². The zero-order chi connectivity index (χ0) is 13.7. The van der Waals surface area contributed by atoms with Crippen LogP contribution in [0.15, 0.2) is 42.5 Å². The molecule has 2 aromatic carbocycles. The summed E-state index contributed by atoms with van der Waals surface area (Å²) >= 11 is 6.07. The molecule has 0 radical (unpaired) electrons. The third-order valence-electron chi connectivity index (χ3n) is 2.71. The molecule has 2 aromatic rings. The highest BCUT2D eigenvalue weighted by atomic mass is 35.5. The second-order valence-electron chi connectivity index (χ2n) is 3.93. The molecule has 0 aliphatic carbocycles. The number of nitrogens with one attached hydrogen (secondary N) is 1. The van der Waals surface area contributed by atoms with Crippen molar-refractivity contribution in [3.05, 3.63) is 64.2 Å². The van der Waals surface area contributed by atoms with Crippen LogP contribution in [-0.4, -0.2) is 0 Å². The number of hydrogen-bond donors (Lipinski definition) is 1. The number of nitrogens with zero attached hydrogens (tertiary/aromatic N) is 2. The van der Waals surface area contributed by atoms with Gasteiger partial charge in [-0.25, -0.2) is 0 Å². The smallest absolute Gasteiger partial charge is 0.0995 e. The molecule has 1 N–H and O–H groups in total. The first-order valence-corrected chi connectivity index (χ1v) is 6.04. The van der Waals surface area contributed by atoms with Crippen LogP contribution in [0.4, 0.5) is 5.69 Å². The standard InChI is InChI=1S/C15H10ClN3/c16-14-7-11(8-17)5-6-15(14)19-10-13-4-2-1-3-12(13)9-18/h1-7,19H,10H2. The lowest BCUT2D eigenvalue weighted by molar-refractivity contribution is 1.14. The van der Waals surface area contributed by atoms with Crippen LogP contribution in [0.1, 0.15) is 16.7 Å². The molecule has 0 aromatic heterocycles. The number of benzene rings is 2. The van der Waals surface area contributed by atoms with Crippen LogP contribution < -0.4 is 5.32 Å². The maximum Gasteiger partial charge on any atom is 0.0995 e. The number of hydrogen-bond acceptors (Lipinski definition) is 3. The van der Waals surface area contributed by atoms with E-state index in [0.29, 0.717) is 22.7 Å². The van der Waals surface area contributed by atoms with E-state index in [1.165, 1.54) is 0 Å². The van der Waals surface area contributed by atoms with E-state index in [1.807, 2.05) is 24.3 Å². The molecular weight excluding hydrogens is 258 g/mol. The summed E-state index contributed by atoms with van der Waals surface area (Å²) in [4.78, 5) is 0. The second-order valence-corrected chi connectivity index (χ2v) is 4.34. The molecule has 0 unspecified atom stereocenters. The topological polar surface area (TPSA) is 59.6 Å². The average molecular weight is 268 g/mol. The molecule has 0 atom stereocenters. The maximum atomic E-state index is 9.00. The third-order valence-corrected chi connectivity index (χ3v) is 3.02. The van der Waals surface area contributed by atoms with Crippen LogP contribution in [0.5, 0.6) is 0 Å². The van der Waals surface area contributed by atoms with Crippen molar-refractivity contribution >= 4 is 17.3 Å². The Bertz CT molecular complexity index is 681. The van der Waals surface area contributed by atoms with Crippen LogP contribution in [0.2, 0.25) is 5.02 Å². The molecule has 0 saturated carbocycles. The van der Waals surface area contributed by atoms with Gasteiger partial charge in [-0.3, -0.25) is 0 Å². The Kier molecular flexibility index (Phi) is 4.03. The number of anilines is 1. The van der Waals surface area contributed by atoms with Crippen LogP contribution in [0.3, 0.4) is 0 Å². The lowest BCUT2D eigenvalue weighted by Gasteiger charge is -2.09. The van der Waals surface area contributed by atoms with Gasteiger partial charge in [0.05, 0.1) is 34.0 Å². The first kappa shape index (κ1) is 13.0. The molecule has 0 bridgehead atoms. The monoisotopic (exact) mass is 267 g/mol. The normalized spacial score (nSPS) is 9.42. The summed E-state index contributed by atoms with van der Waals surface area (Å²) in [5.41, 5.74) is 2.81. The van der Waals surface area contributed by atoms with Gasteiger partial charge in [-0.05, 0) is 29.8 Å². The molecular formula is C15H10ClN3. The summed E-state index contributed by atoms with van der Waals surface area (Å²) in [6.07, 6.45) is 0. The number of halogens is 1. The lowest BCUT2D eigenvalue weighted by atomic mass is 10.1. The van der Waals surface area contributed by atoms with Crippen molar-refractivity contribution in [1.29, 1.82) is 10.5 Å². The third kappa shape index (κ3) is 3.04. The summed E-state index contributed by atoms with van der Waals surface area (Å²) in [7, 11) is 0. The fraction of sp³-hybridized carbons (Fsp3) is 0.0667. The summed E-state index contributed by atoms with van der Waals surface area (Å²) in [6.45, 7) is 0.509. The van der Waals surface area contributed by atoms with Crippen molar-refractivity contribution in [2.45, 2.75) is 6.54 Å². The van der Waals surface area contributed by atoms with Crippen molar-refractivity contribution in [2.75, 3.05) is 5.32 Å². The zero-order valence-electron chi connectivity index (χ0n) is 10.0. The van der Waals surface area contributed by atoms with Crippen molar-refractivity contribution in [2.24, 2.45) is 0 Å². The Morgan fingerprint density at radius 2 is 1.84 bits per heavy atom. The van der Waals surface area contributed by atoms with Gasteiger partial charge in [-0.2, -0.15) is 10.5 Å². The Labute approximate surface area is 116 Å². The van der Waals surface area contributed by atoms with E-state index in [0.717, 1.165) is 11.3 Å². The highest BCUT2D eigenvalue weighted by molar-refractivity contribution is 6.33. The van der Waals surface area contributed by atoms with Gasteiger partial charge in [0, 0.05) is 6.54 Å². The van der Waals surface area contributed by atoms with Gasteiger partial charge in [0.25, 0.3) is 0 Å². The molecule has 2 rings (SSSR count). The minimum Gasteiger partial charge on any atom is -0.380 e. The molecule has 0 spiro atoms. The van der Waals surface area contributed by atoms with E-state index in [1.54, 1.807) is 24.3 Å². The highest BCUT2D eigenvalue weighted by Gasteiger charge is 2.04. The van der Waals surface area contributed by atoms with Gasteiger partial charge in [-0.1, -0.05) is 29.8 Å². The van der Waals surface area contributed by atoms with E-state index in [2.05, 4.69) is 11.4 Å². The lowest BCUT2D eigenvalue weighted by Crippen LogP contribution is -2.02. The van der Waals surface area contributed by atoms with Gasteiger partial charge in [0.1, 0.15) is 0 Å². The highest BCUT2D eigenvalue weighted by Crippen LogP contribution is 2.23. The molecule has 0 fully saturated rings. The van der Waals surface area contributed by atoms with Crippen molar-refractivity contribution in [3.63, 3.8) is 0 Å². The fourth-order valence-electron chi connectivity index (χ4n) is 1.70. The number of rotatable bonds is 3. The zero-order valence-corrected chi connectivity index (χ0v) is 10.8. The van der Waals surface area contributed by atoms with Crippen LogP contribution >= 0.6 is 11.6 Å². The predicted octanol–water partition coefficient (Wildman–Crippen LogP) is 3.70. The summed E-state index contributed by atoms with van der Waals surface area (Å²) in [5.74, 6) is 0. The molecule has 0 amide bonds. The molecule has 3 nitrogen and oxygen atoms in total. The van der Waals surface area contributed by atoms with E-state index < -0.39 is 0 Å². The fourth-order valence-corrected chi connectivity index (χ4v) is 1.95. The summed E-state index contributed by atoms with van der Waals surface area (Å²) < 4.78 is 0. The minimum absolute atomic E-state index is 0.494. The van der Waals surface area contributed by atoms with E-state index in [4.69, 9.17) is 22.1 Å². The molecule has 0 heterocycles. The maximum absolute atomic E-state index is 9.00. The van der Waals surface area contributed by atoms with Gasteiger partial charge >= 0.3 is 0 Å². The van der Waals surface area contributed by atoms with E-state index >= 15 is 0 Å². The Balaban J connectivity index is 2.16. The Morgan fingerprint density at radius 3 is 2.53 bits per heavy atom. The molecule has 0 aliphatic rings. The predicted molar refractivity (Wildman–Crippen MR) is 74.7 cm³/mol. The van der Waals surface area contributed by atoms with Crippen LogP contribution in [-0.2, 0) is 6.54 Å². The van der Waals surface area contributed by atoms with Crippen molar-refractivity contribution < 1.29 is 0 Å². The summed E-state index contributed by atoms with van der Waals surface area (Å²) in [6, 6.07) is 16.6. The minimum atomic E-state index is 0.494. The van der Waals surface area contributed by atoms with E-state index in [-0.39, 0.29) is 0 Å². The quantitative estimate of drug-likeness (QED) is 0.922. The molecule has 19 heavy (non-hydrogen) atoms. The SMILES string of the molecule is N#Cc1ccc(NCc2ccccc2C#N)c(Cl)c1. The van der Waals surface area contributed by atoms with Gasteiger partial charge < -0.3 is 5.32 Å². The second kappa shape index (κ2) is 5.91. The molecule has 92 valence electrons. The first-order chi connectivity index (χ1) is 9.24. The first-order valence-electron chi connectivity index (χ1n) is 5.66. The van der Waals surface area contributed by atoms with Crippen molar-refractivity contribution in [3.8, 4) is 12.1 Å². The summed E-state index contributed by atoms with van der Waals surface area (Å²) in [5, 5.41) is 21.4. The van der Waals surface area contributed by atoms with Gasteiger partial charge in [0.15, 0.2) is 0 Å². The molecule has 0 saturated heterocycles. The van der Waals surface area contributed by atoms with Crippen LogP contribution in [0.25, 0.3) is 0 Å². The van der Waals surface area contributed by atoms with Crippen LogP contribution in [0, 0.1) is 22.7 Å². The van der Waals surface area contributed by atoms with Gasteiger partial charge in [-0.15, -0.1) is 0 Å². The average Bonchev–Trinajstić information content (AvgIpc) is 2.46. The van der Waals surface area contributed by atoms with Crippen molar-refractivity contribution in [1.82, 2.24) is 0 Å². The Hall–Kier alpha value is -2.49. The number of nitriles is 2. The largest absolute Gasteiger partial charge is 0.380 e.